The van der Waals surface area contributed by atoms with Crippen molar-refractivity contribution in [2.45, 2.75) is 25.8 Å². The smallest absolute Gasteiger partial charge is 0.158 e. The number of ether oxygens (including phenoxy) is 1. The summed E-state index contributed by atoms with van der Waals surface area (Å²) in [5.41, 5.74) is 2.36. The molecule has 3 aromatic rings. The highest BCUT2D eigenvalue weighted by Gasteiger charge is 2.40. The van der Waals surface area contributed by atoms with E-state index in [2.05, 4.69) is 20.5 Å². The largest absolute Gasteiger partial charge is 0.507 e. The second kappa shape index (κ2) is 6.46. The van der Waals surface area contributed by atoms with E-state index in [9.17, 15) is 5.11 Å². The summed E-state index contributed by atoms with van der Waals surface area (Å²) in [5, 5.41) is 24.8. The molecule has 27 heavy (non-hydrogen) atoms. The van der Waals surface area contributed by atoms with E-state index < -0.39 is 0 Å². The molecule has 0 spiro atoms. The lowest BCUT2D eigenvalue weighted by atomic mass is 9.96. The van der Waals surface area contributed by atoms with Gasteiger partial charge in [-0.15, -0.1) is 10.2 Å². The summed E-state index contributed by atoms with van der Waals surface area (Å²) in [6.45, 7) is 3.58. The molecule has 1 saturated carbocycles. The van der Waals surface area contributed by atoms with Gasteiger partial charge in [0.05, 0.1) is 13.2 Å². The molecule has 2 aliphatic rings. The molecule has 2 bridgehead atoms. The van der Waals surface area contributed by atoms with Gasteiger partial charge in [0.25, 0.3) is 0 Å². The standard InChI is InChI=1S/C21H22N4O2/c1-12-2-5-16(18(26)8-12)20-15-6-7-22-9-17(15)21(25-24-20)23-19-13-3-4-14(19)11-27-10-13/h2,5-9,13-14,19,26H,3-4,10-11H2,1H3,(H,23,25)/t13-,14+,19?. The Balaban J connectivity index is 1.58. The van der Waals surface area contributed by atoms with E-state index in [1.807, 2.05) is 31.3 Å². The Hall–Kier alpha value is -2.73. The van der Waals surface area contributed by atoms with Gasteiger partial charge in [-0.05, 0) is 43.5 Å². The van der Waals surface area contributed by atoms with Crippen molar-refractivity contribution in [3.63, 3.8) is 0 Å². The number of phenolic OH excluding ortho intramolecular Hbond substituents is 1. The number of nitrogens with zero attached hydrogens (tertiary/aromatic N) is 3. The number of anilines is 1. The van der Waals surface area contributed by atoms with Crippen LogP contribution in [0.1, 0.15) is 18.4 Å². The molecular weight excluding hydrogens is 340 g/mol. The van der Waals surface area contributed by atoms with Crippen molar-refractivity contribution in [2.75, 3.05) is 18.5 Å². The predicted molar refractivity (Wildman–Crippen MR) is 104 cm³/mol. The van der Waals surface area contributed by atoms with Crippen LogP contribution in [-0.4, -0.2) is 39.5 Å². The van der Waals surface area contributed by atoms with E-state index >= 15 is 0 Å². The first-order chi connectivity index (χ1) is 13.2. The first kappa shape index (κ1) is 16.4. The van der Waals surface area contributed by atoms with Gasteiger partial charge in [0.1, 0.15) is 11.4 Å². The fraction of sp³-hybridized carbons (Fsp3) is 0.381. The number of phenols is 1. The summed E-state index contributed by atoms with van der Waals surface area (Å²) in [6, 6.07) is 7.91. The van der Waals surface area contributed by atoms with Crippen LogP contribution < -0.4 is 5.32 Å². The van der Waals surface area contributed by atoms with Crippen LogP contribution in [0.15, 0.2) is 36.7 Å². The second-order valence-electron chi connectivity index (χ2n) is 7.64. The van der Waals surface area contributed by atoms with Crippen LogP contribution in [0.25, 0.3) is 22.0 Å². The Labute approximate surface area is 157 Å². The lowest BCUT2D eigenvalue weighted by molar-refractivity contribution is 0.0392. The monoisotopic (exact) mass is 362 g/mol. The molecule has 6 heteroatoms. The fourth-order valence-electron chi connectivity index (χ4n) is 4.46. The van der Waals surface area contributed by atoms with E-state index in [1.165, 1.54) is 12.8 Å². The molecule has 2 aromatic heterocycles. The molecule has 1 aliphatic carbocycles. The zero-order valence-electron chi connectivity index (χ0n) is 15.2. The number of benzene rings is 1. The quantitative estimate of drug-likeness (QED) is 0.742. The normalized spacial score (nSPS) is 24.3. The highest BCUT2D eigenvalue weighted by atomic mass is 16.5. The Morgan fingerprint density at radius 1 is 1.07 bits per heavy atom. The van der Waals surface area contributed by atoms with Crippen molar-refractivity contribution < 1.29 is 9.84 Å². The molecule has 5 rings (SSSR count). The Morgan fingerprint density at radius 2 is 1.89 bits per heavy atom. The minimum atomic E-state index is 0.214. The third-order valence-corrected chi connectivity index (χ3v) is 5.88. The number of pyridine rings is 1. The summed E-state index contributed by atoms with van der Waals surface area (Å²) in [7, 11) is 0. The van der Waals surface area contributed by atoms with Gasteiger partial charge in [-0.2, -0.15) is 0 Å². The van der Waals surface area contributed by atoms with Crippen molar-refractivity contribution in [3.8, 4) is 17.0 Å². The second-order valence-corrected chi connectivity index (χ2v) is 7.64. The lowest BCUT2D eigenvalue weighted by Crippen LogP contribution is -2.39. The summed E-state index contributed by atoms with van der Waals surface area (Å²) >= 11 is 0. The van der Waals surface area contributed by atoms with Crippen LogP contribution in [0.3, 0.4) is 0 Å². The van der Waals surface area contributed by atoms with Gasteiger partial charge in [0.15, 0.2) is 5.82 Å². The zero-order valence-corrected chi connectivity index (χ0v) is 15.2. The highest BCUT2D eigenvalue weighted by Crippen LogP contribution is 2.39. The minimum Gasteiger partial charge on any atom is -0.507 e. The molecule has 6 nitrogen and oxygen atoms in total. The maximum atomic E-state index is 10.4. The van der Waals surface area contributed by atoms with Crippen LogP contribution in [0.4, 0.5) is 5.82 Å². The van der Waals surface area contributed by atoms with Gasteiger partial charge >= 0.3 is 0 Å². The maximum Gasteiger partial charge on any atom is 0.158 e. The van der Waals surface area contributed by atoms with Crippen molar-refractivity contribution >= 4 is 16.6 Å². The van der Waals surface area contributed by atoms with Gasteiger partial charge in [-0.1, -0.05) is 6.07 Å². The molecule has 1 aliphatic heterocycles. The molecule has 3 heterocycles. The van der Waals surface area contributed by atoms with Gasteiger partial charge in [0, 0.05) is 46.6 Å². The van der Waals surface area contributed by atoms with Crippen LogP contribution in [0.2, 0.25) is 0 Å². The molecule has 2 N–H and O–H groups in total. The number of aromatic nitrogens is 3. The summed E-state index contributed by atoms with van der Waals surface area (Å²) in [5.74, 6) is 2.03. The molecule has 138 valence electrons. The molecule has 2 fully saturated rings. The zero-order chi connectivity index (χ0) is 18.4. The van der Waals surface area contributed by atoms with Gasteiger partial charge in [0.2, 0.25) is 0 Å². The van der Waals surface area contributed by atoms with Crippen molar-refractivity contribution in [3.05, 3.63) is 42.2 Å². The number of aromatic hydroxyl groups is 1. The molecular formula is C21H22N4O2. The fourth-order valence-corrected chi connectivity index (χ4v) is 4.46. The molecule has 3 atom stereocenters. The van der Waals surface area contributed by atoms with E-state index in [0.717, 1.165) is 35.4 Å². The van der Waals surface area contributed by atoms with Gasteiger partial charge in [-0.3, -0.25) is 4.98 Å². The van der Waals surface area contributed by atoms with Crippen LogP contribution in [-0.2, 0) is 4.74 Å². The predicted octanol–water partition coefficient (Wildman–Crippen LogP) is 3.54. The average Bonchev–Trinajstić information content (AvgIpc) is 2.89. The molecule has 1 saturated heterocycles. The maximum absolute atomic E-state index is 10.4. The van der Waals surface area contributed by atoms with E-state index in [4.69, 9.17) is 4.74 Å². The number of hydrogen-bond donors (Lipinski definition) is 2. The Morgan fingerprint density at radius 3 is 2.67 bits per heavy atom. The van der Waals surface area contributed by atoms with E-state index in [0.29, 0.717) is 29.1 Å². The molecule has 1 aromatic carbocycles. The summed E-state index contributed by atoms with van der Waals surface area (Å²) in [4.78, 5) is 4.30. The molecule has 1 unspecified atom stereocenters. The SMILES string of the molecule is Cc1ccc(-c2nnc(NC3[C@@H]4CC[C@H]3COC4)c3cnccc23)c(O)c1. The number of hydrogen-bond acceptors (Lipinski definition) is 6. The van der Waals surface area contributed by atoms with Gasteiger partial charge < -0.3 is 15.2 Å². The lowest BCUT2D eigenvalue weighted by Gasteiger charge is -2.31. The van der Waals surface area contributed by atoms with Crippen molar-refractivity contribution in [1.82, 2.24) is 15.2 Å². The number of aryl methyl sites for hydroxylation is 1. The van der Waals surface area contributed by atoms with E-state index in [-0.39, 0.29) is 5.75 Å². The van der Waals surface area contributed by atoms with Crippen LogP contribution in [0, 0.1) is 18.8 Å². The third-order valence-electron chi connectivity index (χ3n) is 5.88. The molecule has 0 radical (unpaired) electrons. The Kier molecular flexibility index (Phi) is 3.93. The molecule has 0 amide bonds. The first-order valence-corrected chi connectivity index (χ1v) is 9.45. The van der Waals surface area contributed by atoms with Crippen LogP contribution in [0.5, 0.6) is 5.75 Å². The van der Waals surface area contributed by atoms with Crippen LogP contribution >= 0.6 is 0 Å². The topological polar surface area (TPSA) is 80.2 Å². The number of rotatable bonds is 3. The first-order valence-electron chi connectivity index (χ1n) is 9.45. The third kappa shape index (κ3) is 2.80. The minimum absolute atomic E-state index is 0.214. The Bertz CT molecular complexity index is 991. The van der Waals surface area contributed by atoms with Crippen molar-refractivity contribution in [1.29, 1.82) is 0 Å². The average molecular weight is 362 g/mol. The summed E-state index contributed by atoms with van der Waals surface area (Å²) < 4.78 is 5.70. The van der Waals surface area contributed by atoms with Crippen molar-refractivity contribution in [2.24, 2.45) is 11.8 Å². The van der Waals surface area contributed by atoms with E-state index in [1.54, 1.807) is 12.3 Å². The number of fused-ring (bicyclic) bond motifs is 3. The highest BCUT2D eigenvalue weighted by molar-refractivity contribution is 6.00. The summed E-state index contributed by atoms with van der Waals surface area (Å²) in [6.07, 6.45) is 5.96. The van der Waals surface area contributed by atoms with Gasteiger partial charge in [-0.25, -0.2) is 0 Å². The number of nitrogens with one attached hydrogen (secondary N) is 1.